The minimum atomic E-state index is -3.65. The molecule has 0 atom stereocenters. The van der Waals surface area contributed by atoms with Crippen LogP contribution < -0.4 is 4.72 Å². The van der Waals surface area contributed by atoms with Crippen molar-refractivity contribution in [3.8, 4) is 0 Å². The number of benzene rings is 3. The molecule has 0 saturated carbocycles. The Morgan fingerprint density at radius 2 is 1.71 bits per heavy atom. The molecule has 0 unspecified atom stereocenters. The van der Waals surface area contributed by atoms with Crippen LogP contribution in [0.5, 0.6) is 0 Å². The summed E-state index contributed by atoms with van der Waals surface area (Å²) in [6, 6.07) is 18.7. The van der Waals surface area contributed by atoms with Gasteiger partial charge in [-0.25, -0.2) is 13.1 Å². The highest BCUT2D eigenvalue weighted by molar-refractivity contribution is 7.89. The van der Waals surface area contributed by atoms with Crippen LogP contribution >= 0.6 is 0 Å². The second kappa shape index (κ2) is 8.54. The van der Waals surface area contributed by atoms with E-state index >= 15 is 0 Å². The molecular formula is C22H23NO4S. The van der Waals surface area contributed by atoms with Gasteiger partial charge < -0.3 is 4.74 Å². The van der Waals surface area contributed by atoms with E-state index in [0.29, 0.717) is 0 Å². The van der Waals surface area contributed by atoms with Crippen LogP contribution in [0.4, 0.5) is 0 Å². The number of aryl methyl sites for hydroxylation is 2. The molecule has 146 valence electrons. The smallest absolute Gasteiger partial charge is 0.307 e. The number of ether oxygens (including phenoxy) is 1. The summed E-state index contributed by atoms with van der Waals surface area (Å²) in [7, 11) is -3.65. The maximum absolute atomic E-state index is 12.3. The number of rotatable bonds is 7. The summed E-state index contributed by atoms with van der Waals surface area (Å²) in [5.74, 6) is -0.448. The lowest BCUT2D eigenvalue weighted by Gasteiger charge is -2.10. The molecule has 0 fully saturated rings. The minimum Gasteiger partial charge on any atom is -0.461 e. The molecule has 3 aromatic carbocycles. The highest BCUT2D eigenvalue weighted by Crippen LogP contribution is 2.19. The second-order valence-electron chi connectivity index (χ2n) is 6.69. The zero-order valence-electron chi connectivity index (χ0n) is 15.9. The van der Waals surface area contributed by atoms with Gasteiger partial charge in [0.05, 0.1) is 11.3 Å². The van der Waals surface area contributed by atoms with Gasteiger partial charge in [-0.15, -0.1) is 0 Å². The monoisotopic (exact) mass is 397 g/mol. The molecule has 0 aliphatic rings. The van der Waals surface area contributed by atoms with E-state index in [4.69, 9.17) is 4.74 Å². The Bertz CT molecular complexity index is 1100. The maximum atomic E-state index is 12.3. The maximum Gasteiger partial charge on any atom is 0.307 e. The number of hydrogen-bond acceptors (Lipinski definition) is 4. The topological polar surface area (TPSA) is 72.5 Å². The Balaban J connectivity index is 1.53. The lowest BCUT2D eigenvalue weighted by Crippen LogP contribution is -2.26. The third kappa shape index (κ3) is 4.77. The van der Waals surface area contributed by atoms with Crippen molar-refractivity contribution in [2.75, 3.05) is 6.54 Å². The van der Waals surface area contributed by atoms with Crippen LogP contribution in [0.2, 0.25) is 0 Å². The predicted molar refractivity (Wildman–Crippen MR) is 109 cm³/mol. The number of esters is 1. The first-order chi connectivity index (χ1) is 13.4. The van der Waals surface area contributed by atoms with Crippen LogP contribution in [0.3, 0.4) is 0 Å². The van der Waals surface area contributed by atoms with Gasteiger partial charge in [-0.05, 0) is 53.4 Å². The van der Waals surface area contributed by atoms with Gasteiger partial charge in [0.1, 0.15) is 6.61 Å². The summed E-state index contributed by atoms with van der Waals surface area (Å²) in [4.78, 5) is 12.2. The molecule has 0 radical (unpaired) electrons. The van der Waals surface area contributed by atoms with Crippen molar-refractivity contribution in [1.29, 1.82) is 0 Å². The van der Waals surface area contributed by atoms with Crippen LogP contribution in [0.1, 0.15) is 23.1 Å². The van der Waals surface area contributed by atoms with Crippen LogP contribution in [0.25, 0.3) is 10.8 Å². The first-order valence-electron chi connectivity index (χ1n) is 9.06. The number of carbonyl (C=O) groups excluding carboxylic acids is 1. The highest BCUT2D eigenvalue weighted by atomic mass is 32.2. The standard InChI is InChI=1S/C22H23NO4S/c1-16-10-11-20(14-17(16)2)28(25,26)23-13-12-22(24)27-15-19-8-5-7-18-6-3-4-9-21(18)19/h3-11,14,23H,12-13,15H2,1-2H3. The lowest BCUT2D eigenvalue weighted by atomic mass is 10.1. The van der Waals surface area contributed by atoms with E-state index in [2.05, 4.69) is 4.72 Å². The molecule has 1 N–H and O–H groups in total. The average molecular weight is 397 g/mol. The van der Waals surface area contributed by atoms with Gasteiger partial charge in [-0.2, -0.15) is 0 Å². The van der Waals surface area contributed by atoms with Gasteiger partial charge in [0.25, 0.3) is 0 Å². The Morgan fingerprint density at radius 1 is 0.964 bits per heavy atom. The molecule has 5 nitrogen and oxygen atoms in total. The summed E-state index contributed by atoms with van der Waals surface area (Å²) in [6.45, 7) is 3.93. The number of nitrogens with one attached hydrogen (secondary N) is 1. The summed E-state index contributed by atoms with van der Waals surface area (Å²) in [5.41, 5.74) is 2.84. The van der Waals surface area contributed by atoms with Gasteiger partial charge in [-0.3, -0.25) is 4.79 Å². The van der Waals surface area contributed by atoms with Crippen molar-refractivity contribution >= 4 is 26.8 Å². The van der Waals surface area contributed by atoms with Gasteiger partial charge in [0.2, 0.25) is 10.0 Å². The first-order valence-corrected chi connectivity index (χ1v) is 10.5. The van der Waals surface area contributed by atoms with E-state index in [1.165, 1.54) is 0 Å². The molecule has 0 aliphatic carbocycles. The van der Waals surface area contributed by atoms with E-state index in [1.807, 2.05) is 56.3 Å². The zero-order valence-corrected chi connectivity index (χ0v) is 16.8. The fourth-order valence-corrected chi connectivity index (χ4v) is 4.02. The molecular weight excluding hydrogens is 374 g/mol. The Kier molecular flexibility index (Phi) is 6.11. The fraction of sp³-hybridized carbons (Fsp3) is 0.227. The molecule has 6 heteroatoms. The van der Waals surface area contributed by atoms with E-state index in [9.17, 15) is 13.2 Å². The van der Waals surface area contributed by atoms with Gasteiger partial charge in [0.15, 0.2) is 0 Å². The minimum absolute atomic E-state index is 0.0103. The van der Waals surface area contributed by atoms with Gasteiger partial charge in [0, 0.05) is 6.54 Å². The van der Waals surface area contributed by atoms with Gasteiger partial charge in [-0.1, -0.05) is 48.5 Å². The van der Waals surface area contributed by atoms with Gasteiger partial charge >= 0.3 is 5.97 Å². The van der Waals surface area contributed by atoms with Crippen molar-refractivity contribution in [1.82, 2.24) is 4.72 Å². The van der Waals surface area contributed by atoms with E-state index in [1.54, 1.807) is 18.2 Å². The number of sulfonamides is 1. The highest BCUT2D eigenvalue weighted by Gasteiger charge is 2.15. The average Bonchev–Trinajstić information content (AvgIpc) is 2.68. The predicted octanol–water partition coefficient (Wildman–Crippen LogP) is 3.87. The lowest BCUT2D eigenvalue weighted by molar-refractivity contribution is -0.144. The van der Waals surface area contributed by atoms with Crippen molar-refractivity contribution in [2.24, 2.45) is 0 Å². The first kappa shape index (κ1) is 20.0. The van der Waals surface area contributed by atoms with Crippen LogP contribution in [0, 0.1) is 13.8 Å². The van der Waals surface area contributed by atoms with Crippen molar-refractivity contribution < 1.29 is 17.9 Å². The SMILES string of the molecule is Cc1ccc(S(=O)(=O)NCCC(=O)OCc2cccc3ccccc23)cc1C. The van der Waals surface area contributed by atoms with Crippen molar-refractivity contribution in [2.45, 2.75) is 31.8 Å². The molecule has 0 spiro atoms. The summed E-state index contributed by atoms with van der Waals surface area (Å²) >= 11 is 0. The molecule has 3 rings (SSSR count). The zero-order chi connectivity index (χ0) is 20.1. The second-order valence-corrected chi connectivity index (χ2v) is 8.46. The largest absolute Gasteiger partial charge is 0.461 e. The summed E-state index contributed by atoms with van der Waals surface area (Å²) in [5, 5.41) is 2.12. The molecule has 0 aromatic heterocycles. The number of hydrogen-bond donors (Lipinski definition) is 1. The number of carbonyl (C=O) groups is 1. The summed E-state index contributed by atoms with van der Waals surface area (Å²) < 4.78 is 32.4. The van der Waals surface area contributed by atoms with Crippen LogP contribution in [-0.2, 0) is 26.2 Å². The van der Waals surface area contributed by atoms with Crippen LogP contribution in [-0.4, -0.2) is 20.9 Å². The van der Waals surface area contributed by atoms with E-state index in [-0.39, 0.29) is 24.5 Å². The van der Waals surface area contributed by atoms with E-state index in [0.717, 1.165) is 27.5 Å². The molecule has 28 heavy (non-hydrogen) atoms. The summed E-state index contributed by atoms with van der Waals surface area (Å²) in [6.07, 6.45) is -0.0329. The molecule has 0 saturated heterocycles. The molecule has 3 aromatic rings. The third-order valence-electron chi connectivity index (χ3n) is 4.68. The normalized spacial score (nSPS) is 11.5. The molecule has 0 bridgehead atoms. The molecule has 0 amide bonds. The fourth-order valence-electron chi connectivity index (χ4n) is 2.90. The Hall–Kier alpha value is -2.70. The van der Waals surface area contributed by atoms with E-state index < -0.39 is 16.0 Å². The van der Waals surface area contributed by atoms with Crippen molar-refractivity contribution in [3.05, 3.63) is 77.4 Å². The number of fused-ring (bicyclic) bond motifs is 1. The molecule has 0 aliphatic heterocycles. The Morgan fingerprint density at radius 3 is 2.50 bits per heavy atom. The quantitative estimate of drug-likeness (QED) is 0.615. The van der Waals surface area contributed by atoms with Crippen molar-refractivity contribution in [3.63, 3.8) is 0 Å². The third-order valence-corrected chi connectivity index (χ3v) is 6.14. The van der Waals surface area contributed by atoms with Crippen LogP contribution in [0.15, 0.2) is 65.6 Å². The Labute approximate surface area is 165 Å². The molecule has 0 heterocycles.